The molecule has 0 saturated heterocycles. The average Bonchev–Trinajstić information content (AvgIpc) is 2.28. The summed E-state index contributed by atoms with van der Waals surface area (Å²) in [5.41, 5.74) is 8.01. The fourth-order valence-corrected chi connectivity index (χ4v) is 2.17. The van der Waals surface area contributed by atoms with Crippen LogP contribution in [-0.2, 0) is 0 Å². The molecule has 2 nitrogen and oxygen atoms in total. The molecular weight excluding hydrogens is 232 g/mol. The van der Waals surface area contributed by atoms with E-state index in [0.717, 1.165) is 22.8 Å². The Labute approximate surface area is 110 Å². The predicted octanol–water partition coefficient (Wildman–Crippen LogP) is 3.99. The number of nitrogens with two attached hydrogens (primary N) is 1. The zero-order chi connectivity index (χ0) is 12.8. The highest BCUT2D eigenvalue weighted by Crippen LogP contribution is 2.28. The van der Waals surface area contributed by atoms with E-state index in [0.29, 0.717) is 0 Å². The number of anilines is 1. The van der Waals surface area contributed by atoms with Crippen molar-refractivity contribution in [3.05, 3.63) is 28.8 Å². The quantitative estimate of drug-likeness (QED) is 0.778. The fraction of sp³-hybridized carbons (Fsp3) is 0.571. The molecule has 0 aromatic heterocycles. The van der Waals surface area contributed by atoms with E-state index in [-0.39, 0.29) is 6.04 Å². The Morgan fingerprint density at radius 2 is 2.06 bits per heavy atom. The van der Waals surface area contributed by atoms with Crippen molar-refractivity contribution in [2.75, 3.05) is 18.5 Å². The molecule has 0 radical (unpaired) electrons. The monoisotopic (exact) mass is 254 g/mol. The minimum absolute atomic E-state index is 0.0342. The van der Waals surface area contributed by atoms with Crippen LogP contribution in [0.2, 0.25) is 5.02 Å². The molecule has 2 N–H and O–H groups in total. The molecule has 1 aromatic carbocycles. The predicted molar refractivity (Wildman–Crippen MR) is 76.8 cm³/mol. The van der Waals surface area contributed by atoms with Crippen molar-refractivity contribution in [1.29, 1.82) is 0 Å². The number of hydrogen-bond acceptors (Lipinski definition) is 2. The number of rotatable bonds is 6. The first-order chi connectivity index (χ1) is 8.06. The second-order valence-corrected chi connectivity index (χ2v) is 5.04. The Bertz CT molecular complexity index is 350. The summed E-state index contributed by atoms with van der Waals surface area (Å²) in [5, 5.41) is 0.791. The summed E-state index contributed by atoms with van der Waals surface area (Å²) in [5.74, 6) is 0. The lowest BCUT2D eigenvalue weighted by molar-refractivity contribution is 0.705. The van der Waals surface area contributed by atoms with Crippen LogP contribution in [0.1, 0.15) is 44.7 Å². The van der Waals surface area contributed by atoms with Crippen LogP contribution in [0, 0.1) is 0 Å². The van der Waals surface area contributed by atoms with E-state index in [4.69, 9.17) is 17.3 Å². The third-order valence-corrected chi connectivity index (χ3v) is 3.31. The Morgan fingerprint density at radius 1 is 1.35 bits per heavy atom. The van der Waals surface area contributed by atoms with Gasteiger partial charge in [0, 0.05) is 19.6 Å². The Morgan fingerprint density at radius 3 is 2.59 bits per heavy atom. The first kappa shape index (κ1) is 14.3. The molecular formula is C14H23ClN2. The first-order valence-electron chi connectivity index (χ1n) is 6.32. The molecule has 17 heavy (non-hydrogen) atoms. The molecule has 0 spiro atoms. The lowest BCUT2D eigenvalue weighted by Crippen LogP contribution is -2.19. The van der Waals surface area contributed by atoms with Gasteiger partial charge in [0.1, 0.15) is 0 Å². The Hall–Kier alpha value is -0.730. The highest BCUT2D eigenvalue weighted by Gasteiger charge is 2.08. The van der Waals surface area contributed by atoms with E-state index in [9.17, 15) is 0 Å². The largest absolute Gasteiger partial charge is 0.373 e. The topological polar surface area (TPSA) is 29.3 Å². The van der Waals surface area contributed by atoms with Crippen molar-refractivity contribution in [2.24, 2.45) is 5.73 Å². The van der Waals surface area contributed by atoms with Gasteiger partial charge in [0.15, 0.2) is 0 Å². The van der Waals surface area contributed by atoms with Gasteiger partial charge in [0.05, 0.1) is 10.7 Å². The first-order valence-corrected chi connectivity index (χ1v) is 6.70. The molecule has 96 valence electrons. The van der Waals surface area contributed by atoms with Crippen LogP contribution in [0.3, 0.4) is 0 Å². The van der Waals surface area contributed by atoms with Gasteiger partial charge in [-0.2, -0.15) is 0 Å². The molecule has 0 aliphatic rings. The average molecular weight is 255 g/mol. The van der Waals surface area contributed by atoms with Crippen LogP contribution in [-0.4, -0.2) is 13.6 Å². The number of halogens is 1. The van der Waals surface area contributed by atoms with Crippen LogP contribution >= 0.6 is 11.6 Å². The third-order valence-electron chi connectivity index (χ3n) is 3.01. The van der Waals surface area contributed by atoms with Crippen LogP contribution in [0.4, 0.5) is 5.69 Å². The van der Waals surface area contributed by atoms with Crippen LogP contribution in [0.15, 0.2) is 18.2 Å². The van der Waals surface area contributed by atoms with Gasteiger partial charge in [-0.05, 0) is 31.0 Å². The standard InChI is InChI=1S/C14H23ClN2/c1-4-5-6-9-17(3)14-8-7-12(11(2)16)10-13(14)15/h7-8,10-11H,4-6,9,16H2,1-3H3/t11-/m0/s1. The van der Waals surface area contributed by atoms with Crippen molar-refractivity contribution in [2.45, 2.75) is 39.2 Å². The smallest absolute Gasteiger partial charge is 0.0642 e. The van der Waals surface area contributed by atoms with Crippen molar-refractivity contribution in [1.82, 2.24) is 0 Å². The van der Waals surface area contributed by atoms with E-state index < -0.39 is 0 Å². The normalized spacial score (nSPS) is 12.5. The summed E-state index contributed by atoms with van der Waals surface area (Å²) >= 11 is 6.28. The zero-order valence-corrected chi connectivity index (χ0v) is 11.8. The molecule has 0 bridgehead atoms. The second kappa shape index (κ2) is 6.87. The molecule has 0 amide bonds. The molecule has 0 fully saturated rings. The van der Waals surface area contributed by atoms with Gasteiger partial charge in [-0.15, -0.1) is 0 Å². The van der Waals surface area contributed by atoms with E-state index in [1.54, 1.807) is 0 Å². The summed E-state index contributed by atoms with van der Waals surface area (Å²) in [4.78, 5) is 2.21. The third kappa shape index (κ3) is 4.21. The molecule has 0 heterocycles. The molecule has 0 aliphatic carbocycles. The number of benzene rings is 1. The minimum atomic E-state index is 0.0342. The van der Waals surface area contributed by atoms with Crippen molar-refractivity contribution < 1.29 is 0 Å². The number of unbranched alkanes of at least 4 members (excludes halogenated alkanes) is 2. The lowest BCUT2D eigenvalue weighted by atomic mass is 10.1. The molecule has 1 atom stereocenters. The molecule has 0 saturated carbocycles. The van der Waals surface area contributed by atoms with Gasteiger partial charge in [0.2, 0.25) is 0 Å². The van der Waals surface area contributed by atoms with Crippen molar-refractivity contribution in [3.63, 3.8) is 0 Å². The zero-order valence-electron chi connectivity index (χ0n) is 11.0. The molecule has 0 unspecified atom stereocenters. The highest BCUT2D eigenvalue weighted by molar-refractivity contribution is 6.33. The SMILES string of the molecule is CCCCCN(C)c1ccc([C@H](C)N)cc1Cl. The minimum Gasteiger partial charge on any atom is -0.373 e. The summed E-state index contributed by atoms with van der Waals surface area (Å²) in [7, 11) is 2.09. The van der Waals surface area contributed by atoms with Gasteiger partial charge in [0.25, 0.3) is 0 Å². The molecule has 1 rings (SSSR count). The van der Waals surface area contributed by atoms with Gasteiger partial charge >= 0.3 is 0 Å². The van der Waals surface area contributed by atoms with Gasteiger partial charge in [-0.3, -0.25) is 0 Å². The number of nitrogens with zero attached hydrogens (tertiary/aromatic N) is 1. The highest BCUT2D eigenvalue weighted by atomic mass is 35.5. The van der Waals surface area contributed by atoms with Crippen molar-refractivity contribution >= 4 is 17.3 Å². The van der Waals surface area contributed by atoms with Gasteiger partial charge in [-0.25, -0.2) is 0 Å². The van der Waals surface area contributed by atoms with Crippen molar-refractivity contribution in [3.8, 4) is 0 Å². The summed E-state index contributed by atoms with van der Waals surface area (Å²) < 4.78 is 0. The van der Waals surface area contributed by atoms with E-state index in [1.807, 2.05) is 13.0 Å². The van der Waals surface area contributed by atoms with Gasteiger partial charge < -0.3 is 10.6 Å². The van der Waals surface area contributed by atoms with Crippen LogP contribution in [0.25, 0.3) is 0 Å². The van der Waals surface area contributed by atoms with Crippen LogP contribution in [0.5, 0.6) is 0 Å². The molecule has 3 heteroatoms. The maximum Gasteiger partial charge on any atom is 0.0642 e. The number of hydrogen-bond donors (Lipinski definition) is 1. The van der Waals surface area contributed by atoms with E-state index in [1.165, 1.54) is 19.3 Å². The second-order valence-electron chi connectivity index (χ2n) is 4.63. The Balaban J connectivity index is 2.70. The fourth-order valence-electron chi connectivity index (χ4n) is 1.84. The Kier molecular flexibility index (Phi) is 5.79. The summed E-state index contributed by atoms with van der Waals surface area (Å²) in [6.07, 6.45) is 3.71. The van der Waals surface area contributed by atoms with E-state index >= 15 is 0 Å². The van der Waals surface area contributed by atoms with Gasteiger partial charge in [-0.1, -0.05) is 37.4 Å². The lowest BCUT2D eigenvalue weighted by Gasteiger charge is -2.21. The van der Waals surface area contributed by atoms with E-state index in [2.05, 4.69) is 31.0 Å². The molecule has 1 aromatic rings. The molecule has 0 aliphatic heterocycles. The maximum atomic E-state index is 6.28. The van der Waals surface area contributed by atoms with Crippen LogP contribution < -0.4 is 10.6 Å². The summed E-state index contributed by atoms with van der Waals surface area (Å²) in [6.45, 7) is 5.23. The maximum absolute atomic E-state index is 6.28. The summed E-state index contributed by atoms with van der Waals surface area (Å²) in [6, 6.07) is 6.12.